The van der Waals surface area contributed by atoms with Crippen LogP contribution < -0.4 is 0 Å². The van der Waals surface area contributed by atoms with Gasteiger partial charge in [0.05, 0.1) is 11.1 Å². The van der Waals surface area contributed by atoms with Gasteiger partial charge in [-0.2, -0.15) is 0 Å². The molecule has 3 aliphatic rings. The first-order chi connectivity index (χ1) is 16.0. The van der Waals surface area contributed by atoms with Crippen LogP contribution in [0.4, 0.5) is 4.79 Å². The predicted octanol–water partition coefficient (Wildman–Crippen LogP) is 3.45. The quantitative estimate of drug-likeness (QED) is 0.638. The number of nitrogens with zero attached hydrogens (tertiary/aromatic N) is 3. The SMILES string of the molecule is O=C1CCN(CC2(c3ccccc3)CCCC2)C(=O)N1CCN1C(=O)c2ccccc2C1=O. The smallest absolute Gasteiger partial charge is 0.323 e. The minimum Gasteiger partial charge on any atom is -0.323 e. The Morgan fingerprint density at radius 1 is 0.727 bits per heavy atom. The van der Waals surface area contributed by atoms with E-state index in [0.717, 1.165) is 30.6 Å². The first kappa shape index (κ1) is 21.4. The van der Waals surface area contributed by atoms with Gasteiger partial charge in [0.15, 0.2) is 0 Å². The number of amides is 5. The van der Waals surface area contributed by atoms with Crippen LogP contribution in [-0.2, 0) is 10.2 Å². The maximum absolute atomic E-state index is 13.3. The molecule has 2 aliphatic heterocycles. The number of carbonyl (C=O) groups excluding carboxylic acids is 4. The highest BCUT2D eigenvalue weighted by molar-refractivity contribution is 6.21. The van der Waals surface area contributed by atoms with Gasteiger partial charge < -0.3 is 4.90 Å². The van der Waals surface area contributed by atoms with E-state index in [2.05, 4.69) is 12.1 Å². The second-order valence-corrected chi connectivity index (χ2v) is 9.16. The third-order valence-electron chi connectivity index (χ3n) is 7.26. The molecule has 2 aromatic carbocycles. The van der Waals surface area contributed by atoms with Crippen molar-refractivity contribution in [3.8, 4) is 0 Å². The van der Waals surface area contributed by atoms with Crippen molar-refractivity contribution in [2.45, 2.75) is 37.5 Å². The van der Waals surface area contributed by atoms with E-state index in [1.165, 1.54) is 10.5 Å². The zero-order valence-electron chi connectivity index (χ0n) is 18.5. The Labute approximate surface area is 193 Å². The number of fused-ring (bicyclic) bond motifs is 1. The zero-order chi connectivity index (χ0) is 23.0. The molecule has 0 aromatic heterocycles. The Bertz CT molecular complexity index is 1070. The summed E-state index contributed by atoms with van der Waals surface area (Å²) >= 11 is 0. The highest BCUT2D eigenvalue weighted by Gasteiger charge is 2.42. The van der Waals surface area contributed by atoms with Gasteiger partial charge in [-0.25, -0.2) is 4.79 Å². The van der Waals surface area contributed by atoms with Gasteiger partial charge in [-0.1, -0.05) is 55.3 Å². The predicted molar refractivity (Wildman–Crippen MR) is 122 cm³/mol. The Morgan fingerprint density at radius 2 is 1.30 bits per heavy atom. The summed E-state index contributed by atoms with van der Waals surface area (Å²) in [5.74, 6) is -1.01. The monoisotopic (exact) mass is 445 g/mol. The van der Waals surface area contributed by atoms with Crippen molar-refractivity contribution in [2.24, 2.45) is 0 Å². The van der Waals surface area contributed by atoms with E-state index in [1.54, 1.807) is 29.2 Å². The van der Waals surface area contributed by atoms with Gasteiger partial charge in [-0.3, -0.25) is 24.2 Å². The fourth-order valence-corrected chi connectivity index (χ4v) is 5.49. The van der Waals surface area contributed by atoms with Crippen LogP contribution in [0.25, 0.3) is 0 Å². The van der Waals surface area contributed by atoms with Crippen molar-refractivity contribution in [1.82, 2.24) is 14.7 Å². The Hall–Kier alpha value is -3.48. The van der Waals surface area contributed by atoms with Crippen LogP contribution >= 0.6 is 0 Å². The van der Waals surface area contributed by atoms with E-state index in [4.69, 9.17) is 0 Å². The van der Waals surface area contributed by atoms with Crippen LogP contribution in [-0.4, -0.2) is 64.6 Å². The van der Waals surface area contributed by atoms with Crippen LogP contribution in [0.2, 0.25) is 0 Å². The maximum atomic E-state index is 13.3. The van der Waals surface area contributed by atoms with Gasteiger partial charge in [0.25, 0.3) is 11.8 Å². The van der Waals surface area contributed by atoms with E-state index in [-0.39, 0.29) is 48.7 Å². The molecule has 2 heterocycles. The molecule has 0 spiro atoms. The normalized spacial score (nSPS) is 20.1. The molecule has 1 aliphatic carbocycles. The van der Waals surface area contributed by atoms with E-state index >= 15 is 0 Å². The molecule has 0 N–H and O–H groups in total. The van der Waals surface area contributed by atoms with E-state index < -0.39 is 0 Å². The fourth-order valence-electron chi connectivity index (χ4n) is 5.49. The molecule has 2 aromatic rings. The highest BCUT2D eigenvalue weighted by atomic mass is 16.2. The Balaban J connectivity index is 1.30. The maximum Gasteiger partial charge on any atom is 0.326 e. The molecule has 0 radical (unpaired) electrons. The van der Waals surface area contributed by atoms with Crippen LogP contribution in [0.5, 0.6) is 0 Å². The molecule has 1 saturated heterocycles. The average Bonchev–Trinajstić information content (AvgIpc) is 3.41. The lowest BCUT2D eigenvalue weighted by atomic mass is 9.78. The molecule has 7 heteroatoms. The number of hydrogen-bond donors (Lipinski definition) is 0. The Morgan fingerprint density at radius 3 is 1.94 bits per heavy atom. The van der Waals surface area contributed by atoms with Crippen LogP contribution in [0.15, 0.2) is 54.6 Å². The lowest BCUT2D eigenvalue weighted by Gasteiger charge is -2.40. The fraction of sp³-hybridized carbons (Fsp3) is 0.385. The summed E-state index contributed by atoms with van der Waals surface area (Å²) in [4.78, 5) is 55.3. The van der Waals surface area contributed by atoms with Crippen molar-refractivity contribution in [3.63, 3.8) is 0 Å². The molecule has 5 amide bonds. The van der Waals surface area contributed by atoms with Crippen LogP contribution in [0, 0.1) is 0 Å². The van der Waals surface area contributed by atoms with E-state index in [1.807, 2.05) is 18.2 Å². The molecular weight excluding hydrogens is 418 g/mol. The van der Waals surface area contributed by atoms with E-state index in [0.29, 0.717) is 24.2 Å². The topological polar surface area (TPSA) is 78.0 Å². The van der Waals surface area contributed by atoms with Crippen molar-refractivity contribution >= 4 is 23.8 Å². The standard InChI is InChI=1S/C26H27N3O4/c30-22-12-15-27(18-26(13-6-7-14-26)19-8-2-1-3-9-19)25(33)28(22)16-17-29-23(31)20-10-4-5-11-21(20)24(29)32/h1-5,8-11H,6-7,12-18H2. The number of imide groups is 2. The summed E-state index contributed by atoms with van der Waals surface area (Å²) in [7, 11) is 0. The number of benzene rings is 2. The van der Waals surface area contributed by atoms with E-state index in [9.17, 15) is 19.2 Å². The van der Waals surface area contributed by atoms with Gasteiger partial charge >= 0.3 is 6.03 Å². The molecule has 0 atom stereocenters. The van der Waals surface area contributed by atoms with Gasteiger partial charge in [0.2, 0.25) is 5.91 Å². The summed E-state index contributed by atoms with van der Waals surface area (Å²) < 4.78 is 0. The summed E-state index contributed by atoms with van der Waals surface area (Å²) in [6, 6.07) is 16.7. The zero-order valence-corrected chi connectivity index (χ0v) is 18.5. The van der Waals surface area contributed by atoms with Gasteiger partial charge in [-0.05, 0) is 30.5 Å². The minimum atomic E-state index is -0.377. The van der Waals surface area contributed by atoms with Crippen molar-refractivity contribution in [2.75, 3.05) is 26.2 Å². The molecule has 7 nitrogen and oxygen atoms in total. The first-order valence-electron chi connectivity index (χ1n) is 11.6. The third-order valence-corrected chi connectivity index (χ3v) is 7.26. The molecule has 33 heavy (non-hydrogen) atoms. The molecular formula is C26H27N3O4. The summed E-state index contributed by atoms with van der Waals surface area (Å²) in [5, 5.41) is 0. The van der Waals surface area contributed by atoms with Crippen molar-refractivity contribution < 1.29 is 19.2 Å². The van der Waals surface area contributed by atoms with Crippen molar-refractivity contribution in [3.05, 3.63) is 71.3 Å². The average molecular weight is 446 g/mol. The number of hydrogen-bond acceptors (Lipinski definition) is 4. The Kier molecular flexibility index (Phi) is 5.48. The van der Waals surface area contributed by atoms with Gasteiger partial charge in [0, 0.05) is 38.0 Å². The molecule has 170 valence electrons. The van der Waals surface area contributed by atoms with Gasteiger partial charge in [-0.15, -0.1) is 0 Å². The third kappa shape index (κ3) is 3.71. The molecule has 0 bridgehead atoms. The largest absolute Gasteiger partial charge is 0.326 e. The molecule has 1 saturated carbocycles. The second kappa shape index (κ2) is 8.46. The number of urea groups is 1. The molecule has 2 fully saturated rings. The molecule has 5 rings (SSSR count). The highest BCUT2D eigenvalue weighted by Crippen LogP contribution is 2.42. The minimum absolute atomic E-state index is 0.00148. The molecule has 0 unspecified atom stereocenters. The lowest BCUT2D eigenvalue weighted by Crippen LogP contribution is -2.56. The first-order valence-corrected chi connectivity index (χ1v) is 11.6. The lowest BCUT2D eigenvalue weighted by molar-refractivity contribution is -0.131. The number of carbonyl (C=O) groups is 4. The summed E-state index contributed by atoms with van der Waals surface area (Å²) in [5.41, 5.74) is 1.88. The van der Waals surface area contributed by atoms with Gasteiger partial charge in [0.1, 0.15) is 0 Å². The van der Waals surface area contributed by atoms with Crippen LogP contribution in [0.3, 0.4) is 0 Å². The summed E-state index contributed by atoms with van der Waals surface area (Å²) in [6.07, 6.45) is 4.53. The second-order valence-electron chi connectivity index (χ2n) is 9.16. The van der Waals surface area contributed by atoms with Crippen molar-refractivity contribution in [1.29, 1.82) is 0 Å². The number of rotatable bonds is 6. The van der Waals surface area contributed by atoms with Crippen LogP contribution in [0.1, 0.15) is 58.4 Å². The summed E-state index contributed by atoms with van der Waals surface area (Å²) in [6.45, 7) is 0.988.